The Kier molecular flexibility index (Phi) is 9.12. The van der Waals surface area contributed by atoms with E-state index in [1.54, 1.807) is 12.1 Å². The van der Waals surface area contributed by atoms with E-state index in [-0.39, 0.29) is 5.82 Å². The summed E-state index contributed by atoms with van der Waals surface area (Å²) in [6.07, 6.45) is 0.955. The van der Waals surface area contributed by atoms with E-state index < -0.39 is 0 Å². The highest BCUT2D eigenvalue weighted by Crippen LogP contribution is 2.35. The van der Waals surface area contributed by atoms with Crippen molar-refractivity contribution in [1.82, 2.24) is 9.80 Å². The molecule has 3 aromatic carbocycles. The minimum Gasteiger partial charge on any atom is -0.342 e. The molecule has 0 aliphatic carbocycles. The van der Waals surface area contributed by atoms with Crippen molar-refractivity contribution >= 4 is 34.6 Å². The number of halogens is 2. The fourth-order valence-electron chi connectivity index (χ4n) is 5.18. The molecule has 0 bridgehead atoms. The summed E-state index contributed by atoms with van der Waals surface area (Å²) in [5.41, 5.74) is 7.34. The van der Waals surface area contributed by atoms with Crippen LogP contribution in [0.4, 0.5) is 15.8 Å². The van der Waals surface area contributed by atoms with Gasteiger partial charge in [-0.15, -0.1) is 0 Å². The van der Waals surface area contributed by atoms with Crippen LogP contribution in [-0.2, 0) is 0 Å². The lowest BCUT2D eigenvalue weighted by atomic mass is 9.93. The van der Waals surface area contributed by atoms with Crippen molar-refractivity contribution < 1.29 is 4.39 Å². The zero-order valence-electron chi connectivity index (χ0n) is 24.2. The van der Waals surface area contributed by atoms with Crippen molar-refractivity contribution in [2.75, 3.05) is 19.8 Å². The lowest BCUT2D eigenvalue weighted by Gasteiger charge is -2.38. The number of amidine groups is 2. The molecule has 1 saturated heterocycles. The van der Waals surface area contributed by atoms with Crippen molar-refractivity contribution in [2.45, 2.75) is 66.7 Å². The third-order valence-corrected chi connectivity index (χ3v) is 7.58. The number of hydrogen-bond acceptors (Lipinski definition) is 2. The van der Waals surface area contributed by atoms with E-state index in [0.717, 1.165) is 59.2 Å². The third kappa shape index (κ3) is 6.70. The quantitative estimate of drug-likeness (QED) is 0.236. The topological polar surface area (TPSA) is 31.2 Å². The SMILES string of the molecule is CC(=Nc1c(C(C)C)cccc1C(C)C)N1CCCN(C(=Nc2c(C)cc(C)cc2Cl)c2ccc(F)cc2)C1. The predicted octanol–water partition coefficient (Wildman–Crippen LogP) is 9.14. The standard InChI is InChI=1S/C33H40ClFN4/c1-21(2)28-10-8-11-29(22(3)4)32(28)36-25(7)38-16-9-17-39(20-38)33(26-12-14-27(35)15-13-26)37-31-24(6)18-23(5)19-30(31)34/h8,10-15,18-19,21-22H,9,16-17,20H2,1-7H3. The summed E-state index contributed by atoms with van der Waals surface area (Å²) in [6, 6.07) is 17.1. The Labute approximate surface area is 238 Å². The van der Waals surface area contributed by atoms with Gasteiger partial charge < -0.3 is 9.80 Å². The van der Waals surface area contributed by atoms with Crippen LogP contribution in [0.1, 0.15) is 80.7 Å². The minimum atomic E-state index is -0.268. The van der Waals surface area contributed by atoms with Gasteiger partial charge in [0.1, 0.15) is 17.5 Å². The fourth-order valence-corrected chi connectivity index (χ4v) is 5.55. The number of aliphatic imine (C=N–C) groups is 2. The molecule has 4 nitrogen and oxygen atoms in total. The van der Waals surface area contributed by atoms with Crippen LogP contribution < -0.4 is 0 Å². The largest absolute Gasteiger partial charge is 0.342 e. The van der Waals surface area contributed by atoms with E-state index in [9.17, 15) is 4.39 Å². The zero-order chi connectivity index (χ0) is 28.3. The van der Waals surface area contributed by atoms with Gasteiger partial charge in [-0.2, -0.15) is 0 Å². The van der Waals surface area contributed by atoms with Crippen molar-refractivity contribution in [2.24, 2.45) is 9.98 Å². The van der Waals surface area contributed by atoms with Crippen molar-refractivity contribution in [3.8, 4) is 0 Å². The molecule has 0 unspecified atom stereocenters. The van der Waals surface area contributed by atoms with Gasteiger partial charge in [-0.1, -0.05) is 63.6 Å². The molecule has 206 valence electrons. The second kappa shape index (κ2) is 12.3. The molecule has 0 amide bonds. The molecule has 3 aromatic rings. The van der Waals surface area contributed by atoms with Crippen LogP contribution in [0.5, 0.6) is 0 Å². The summed E-state index contributed by atoms with van der Waals surface area (Å²) < 4.78 is 13.8. The van der Waals surface area contributed by atoms with Crippen LogP contribution in [0.25, 0.3) is 0 Å². The predicted molar refractivity (Wildman–Crippen MR) is 164 cm³/mol. The summed E-state index contributed by atoms with van der Waals surface area (Å²) in [7, 11) is 0. The van der Waals surface area contributed by atoms with Crippen molar-refractivity contribution in [3.63, 3.8) is 0 Å². The minimum absolute atomic E-state index is 0.268. The Bertz CT molecular complexity index is 1330. The summed E-state index contributed by atoms with van der Waals surface area (Å²) in [6.45, 7) is 17.4. The van der Waals surface area contributed by atoms with Gasteiger partial charge in [0, 0.05) is 18.7 Å². The van der Waals surface area contributed by atoms with E-state index in [1.165, 1.54) is 23.3 Å². The van der Waals surface area contributed by atoms with Crippen LogP contribution in [0.3, 0.4) is 0 Å². The summed E-state index contributed by atoms with van der Waals surface area (Å²) >= 11 is 6.67. The van der Waals surface area contributed by atoms with Crippen molar-refractivity contribution in [1.29, 1.82) is 0 Å². The van der Waals surface area contributed by atoms with Crippen LogP contribution in [0, 0.1) is 19.7 Å². The first-order chi connectivity index (χ1) is 18.5. The number of nitrogens with zero attached hydrogens (tertiary/aromatic N) is 4. The molecule has 39 heavy (non-hydrogen) atoms. The maximum atomic E-state index is 13.8. The monoisotopic (exact) mass is 546 g/mol. The maximum Gasteiger partial charge on any atom is 0.138 e. The first kappa shape index (κ1) is 28.8. The van der Waals surface area contributed by atoms with Crippen LogP contribution >= 0.6 is 11.6 Å². The molecular weight excluding hydrogens is 507 g/mol. The number of hydrogen-bond donors (Lipinski definition) is 0. The van der Waals surface area contributed by atoms with Crippen molar-refractivity contribution in [3.05, 3.63) is 93.3 Å². The fraction of sp³-hybridized carbons (Fsp3) is 0.394. The summed E-state index contributed by atoms with van der Waals surface area (Å²) in [5.74, 6) is 2.26. The molecule has 4 rings (SSSR count). The van der Waals surface area contributed by atoms with Crippen LogP contribution in [0.15, 0.2) is 64.6 Å². The van der Waals surface area contributed by atoms with Crippen LogP contribution in [-0.4, -0.2) is 41.2 Å². The molecule has 0 atom stereocenters. The third-order valence-electron chi connectivity index (χ3n) is 7.29. The molecule has 0 N–H and O–H groups in total. The Morgan fingerprint density at radius 2 is 1.46 bits per heavy atom. The average Bonchev–Trinajstić information content (AvgIpc) is 2.89. The molecule has 0 saturated carbocycles. The molecule has 1 heterocycles. The Morgan fingerprint density at radius 1 is 0.846 bits per heavy atom. The molecule has 0 spiro atoms. The highest BCUT2D eigenvalue weighted by atomic mass is 35.5. The molecule has 1 aliphatic rings. The number of rotatable bonds is 5. The Morgan fingerprint density at radius 3 is 2.05 bits per heavy atom. The lowest BCUT2D eigenvalue weighted by Crippen LogP contribution is -2.49. The second-order valence-electron chi connectivity index (χ2n) is 11.1. The van der Waals surface area contributed by atoms with Gasteiger partial charge >= 0.3 is 0 Å². The van der Waals surface area contributed by atoms with Gasteiger partial charge in [0.15, 0.2) is 0 Å². The zero-order valence-corrected chi connectivity index (χ0v) is 25.0. The summed E-state index contributed by atoms with van der Waals surface area (Å²) in [5, 5.41) is 0.616. The van der Waals surface area contributed by atoms with E-state index >= 15 is 0 Å². The van der Waals surface area contributed by atoms with Gasteiger partial charge in [-0.3, -0.25) is 0 Å². The molecular formula is C33H40ClFN4. The number of aryl methyl sites for hydroxylation is 2. The van der Waals surface area contributed by atoms with E-state index in [2.05, 4.69) is 68.7 Å². The van der Waals surface area contributed by atoms with Gasteiger partial charge in [0.05, 0.1) is 23.1 Å². The first-order valence-electron chi connectivity index (χ1n) is 13.8. The van der Waals surface area contributed by atoms with Gasteiger partial charge in [0.25, 0.3) is 0 Å². The normalized spacial score (nSPS) is 15.1. The van der Waals surface area contributed by atoms with Gasteiger partial charge in [-0.25, -0.2) is 14.4 Å². The molecule has 1 fully saturated rings. The first-order valence-corrected chi connectivity index (χ1v) is 14.2. The number of para-hydroxylation sites is 1. The molecule has 0 aromatic heterocycles. The van der Waals surface area contributed by atoms with Gasteiger partial charge in [-0.05, 0) is 91.6 Å². The Hall–Kier alpha value is -3.18. The average molecular weight is 547 g/mol. The summed E-state index contributed by atoms with van der Waals surface area (Å²) in [4.78, 5) is 14.9. The van der Waals surface area contributed by atoms with E-state index in [4.69, 9.17) is 21.6 Å². The maximum absolute atomic E-state index is 13.8. The molecule has 6 heteroatoms. The van der Waals surface area contributed by atoms with Crippen LogP contribution in [0.2, 0.25) is 5.02 Å². The van der Waals surface area contributed by atoms with E-state index in [0.29, 0.717) is 23.5 Å². The molecule has 1 aliphatic heterocycles. The Balaban J connectivity index is 1.73. The smallest absolute Gasteiger partial charge is 0.138 e. The lowest BCUT2D eigenvalue weighted by molar-refractivity contribution is 0.212. The molecule has 0 radical (unpaired) electrons. The highest BCUT2D eigenvalue weighted by molar-refractivity contribution is 6.33. The number of benzene rings is 3. The second-order valence-corrected chi connectivity index (χ2v) is 11.5. The van der Waals surface area contributed by atoms with E-state index in [1.807, 2.05) is 19.9 Å². The highest BCUT2D eigenvalue weighted by Gasteiger charge is 2.24. The van der Waals surface area contributed by atoms with Gasteiger partial charge in [0.2, 0.25) is 0 Å².